The number of hydrogen-bond donors (Lipinski definition) is 1. The molecule has 0 heterocycles. The van der Waals surface area contributed by atoms with Crippen LogP contribution in [0, 0.1) is 5.92 Å². The summed E-state index contributed by atoms with van der Waals surface area (Å²) in [5.74, 6) is -0.466. The molecular formula is C15H22O2. The maximum Gasteiger partial charge on any atom is 0.311 e. The lowest BCUT2D eigenvalue weighted by Crippen LogP contribution is -2.19. The molecule has 0 amide bonds. The van der Waals surface area contributed by atoms with E-state index in [2.05, 4.69) is 13.8 Å². The molecule has 0 aliphatic heterocycles. The van der Waals surface area contributed by atoms with Crippen LogP contribution in [0.5, 0.6) is 0 Å². The zero-order chi connectivity index (χ0) is 13.0. The fourth-order valence-electron chi connectivity index (χ4n) is 2.04. The van der Waals surface area contributed by atoms with Crippen LogP contribution in [0.4, 0.5) is 0 Å². The Morgan fingerprint density at radius 1 is 1.12 bits per heavy atom. The molecule has 0 aliphatic rings. The molecule has 0 bridgehead atoms. The zero-order valence-electron chi connectivity index (χ0n) is 11.1. The average Bonchev–Trinajstić information content (AvgIpc) is 2.29. The Kier molecular flexibility index (Phi) is 4.73. The number of rotatable bonds is 5. The molecule has 2 unspecified atom stereocenters. The number of carbonyl (C=O) groups is 1. The van der Waals surface area contributed by atoms with Crippen LogP contribution in [-0.4, -0.2) is 11.1 Å². The van der Waals surface area contributed by atoms with Crippen LogP contribution < -0.4 is 0 Å². The average molecular weight is 234 g/mol. The van der Waals surface area contributed by atoms with E-state index in [1.54, 1.807) is 0 Å². The first-order valence-electron chi connectivity index (χ1n) is 6.30. The third-order valence-corrected chi connectivity index (χ3v) is 3.44. The summed E-state index contributed by atoms with van der Waals surface area (Å²) in [4.78, 5) is 11.3. The molecule has 1 aromatic carbocycles. The summed E-state index contributed by atoms with van der Waals surface area (Å²) in [6.45, 7) is 8.30. The number of benzene rings is 1. The summed E-state index contributed by atoms with van der Waals surface area (Å²) >= 11 is 0. The molecule has 0 aliphatic carbocycles. The van der Waals surface area contributed by atoms with Gasteiger partial charge in [-0.3, -0.25) is 4.79 Å². The quantitative estimate of drug-likeness (QED) is 0.835. The van der Waals surface area contributed by atoms with Crippen LogP contribution in [0.3, 0.4) is 0 Å². The van der Waals surface area contributed by atoms with Gasteiger partial charge in [0.05, 0.1) is 5.92 Å². The fraction of sp³-hybridized carbons (Fsp3) is 0.533. The van der Waals surface area contributed by atoms with Crippen LogP contribution >= 0.6 is 0 Å². The van der Waals surface area contributed by atoms with E-state index >= 15 is 0 Å². The Morgan fingerprint density at radius 3 is 1.94 bits per heavy atom. The second-order valence-corrected chi connectivity index (χ2v) is 5.02. The Morgan fingerprint density at radius 2 is 1.59 bits per heavy atom. The third kappa shape index (κ3) is 3.32. The number of hydrogen-bond acceptors (Lipinski definition) is 1. The minimum atomic E-state index is -0.725. The van der Waals surface area contributed by atoms with Gasteiger partial charge in [0.1, 0.15) is 0 Å². The van der Waals surface area contributed by atoms with Crippen molar-refractivity contribution in [1.82, 2.24) is 0 Å². The standard InChI is InChI=1S/C15H22O2/c1-5-11(4)14(15(16)17)13-8-6-12(7-9-13)10(2)3/h6-11,14H,5H2,1-4H3,(H,16,17). The lowest BCUT2D eigenvalue weighted by molar-refractivity contribution is -0.140. The van der Waals surface area contributed by atoms with Crippen molar-refractivity contribution >= 4 is 5.97 Å². The minimum absolute atomic E-state index is 0.164. The maximum absolute atomic E-state index is 11.3. The van der Waals surface area contributed by atoms with Crippen molar-refractivity contribution in [2.75, 3.05) is 0 Å². The van der Waals surface area contributed by atoms with Gasteiger partial charge in [-0.15, -0.1) is 0 Å². The Hall–Kier alpha value is -1.31. The van der Waals surface area contributed by atoms with Gasteiger partial charge in [-0.2, -0.15) is 0 Å². The minimum Gasteiger partial charge on any atom is -0.481 e. The monoisotopic (exact) mass is 234 g/mol. The van der Waals surface area contributed by atoms with E-state index < -0.39 is 5.97 Å². The van der Waals surface area contributed by atoms with Gasteiger partial charge in [-0.25, -0.2) is 0 Å². The smallest absolute Gasteiger partial charge is 0.311 e. The van der Waals surface area contributed by atoms with Crippen molar-refractivity contribution in [1.29, 1.82) is 0 Å². The molecule has 0 radical (unpaired) electrons. The predicted molar refractivity (Wildman–Crippen MR) is 70.4 cm³/mol. The topological polar surface area (TPSA) is 37.3 Å². The largest absolute Gasteiger partial charge is 0.481 e. The lowest BCUT2D eigenvalue weighted by atomic mass is 9.85. The molecule has 0 aromatic heterocycles. The van der Waals surface area contributed by atoms with Crippen molar-refractivity contribution < 1.29 is 9.90 Å². The highest BCUT2D eigenvalue weighted by molar-refractivity contribution is 5.76. The van der Waals surface area contributed by atoms with E-state index in [1.165, 1.54) is 5.56 Å². The molecule has 0 fully saturated rings. The molecule has 1 aromatic rings. The van der Waals surface area contributed by atoms with Gasteiger partial charge in [0.25, 0.3) is 0 Å². The van der Waals surface area contributed by atoms with Crippen molar-refractivity contribution in [3.05, 3.63) is 35.4 Å². The molecule has 1 N–H and O–H groups in total. The summed E-state index contributed by atoms with van der Waals surface area (Å²) in [7, 11) is 0. The highest BCUT2D eigenvalue weighted by Gasteiger charge is 2.25. The first kappa shape index (κ1) is 13.8. The van der Waals surface area contributed by atoms with Crippen LogP contribution in [0.2, 0.25) is 0 Å². The second-order valence-electron chi connectivity index (χ2n) is 5.02. The van der Waals surface area contributed by atoms with Gasteiger partial charge in [0.2, 0.25) is 0 Å². The molecule has 94 valence electrons. The highest BCUT2D eigenvalue weighted by atomic mass is 16.4. The molecule has 2 atom stereocenters. The number of aliphatic carboxylic acids is 1. The first-order valence-corrected chi connectivity index (χ1v) is 6.30. The molecule has 2 nitrogen and oxygen atoms in total. The van der Waals surface area contributed by atoms with Crippen molar-refractivity contribution in [3.8, 4) is 0 Å². The van der Waals surface area contributed by atoms with E-state index in [0.717, 1.165) is 12.0 Å². The van der Waals surface area contributed by atoms with Gasteiger partial charge < -0.3 is 5.11 Å². The summed E-state index contributed by atoms with van der Waals surface area (Å²) in [6.07, 6.45) is 0.878. The Bertz CT molecular complexity index is 365. The molecular weight excluding hydrogens is 212 g/mol. The predicted octanol–water partition coefficient (Wildman–Crippen LogP) is 4.02. The first-order chi connectivity index (χ1) is 7.97. The number of carboxylic acid groups (broad SMARTS) is 1. The van der Waals surface area contributed by atoms with Crippen molar-refractivity contribution in [2.45, 2.75) is 46.0 Å². The van der Waals surface area contributed by atoms with Gasteiger partial charge in [-0.1, -0.05) is 58.4 Å². The fourth-order valence-corrected chi connectivity index (χ4v) is 2.04. The summed E-state index contributed by atoms with van der Waals surface area (Å²) in [5.41, 5.74) is 2.17. The van der Waals surface area contributed by atoms with E-state index in [9.17, 15) is 9.90 Å². The van der Waals surface area contributed by atoms with Crippen LogP contribution in [-0.2, 0) is 4.79 Å². The van der Waals surface area contributed by atoms with E-state index in [4.69, 9.17) is 0 Å². The normalized spacial score (nSPS) is 14.6. The van der Waals surface area contributed by atoms with Crippen LogP contribution in [0.15, 0.2) is 24.3 Å². The molecule has 2 heteroatoms. The molecule has 17 heavy (non-hydrogen) atoms. The molecule has 0 saturated carbocycles. The molecule has 1 rings (SSSR count). The van der Waals surface area contributed by atoms with E-state index in [0.29, 0.717) is 5.92 Å². The van der Waals surface area contributed by atoms with Gasteiger partial charge in [-0.05, 0) is 23.0 Å². The van der Waals surface area contributed by atoms with Gasteiger partial charge >= 0.3 is 5.97 Å². The van der Waals surface area contributed by atoms with Gasteiger partial charge in [0, 0.05) is 0 Å². The highest BCUT2D eigenvalue weighted by Crippen LogP contribution is 2.28. The molecule has 0 saturated heterocycles. The van der Waals surface area contributed by atoms with E-state index in [-0.39, 0.29) is 11.8 Å². The van der Waals surface area contributed by atoms with E-state index in [1.807, 2.05) is 38.1 Å². The maximum atomic E-state index is 11.3. The van der Waals surface area contributed by atoms with Crippen LogP contribution in [0.1, 0.15) is 57.1 Å². The SMILES string of the molecule is CCC(C)C(C(=O)O)c1ccc(C(C)C)cc1. The zero-order valence-corrected chi connectivity index (χ0v) is 11.1. The van der Waals surface area contributed by atoms with Gasteiger partial charge in [0.15, 0.2) is 0 Å². The third-order valence-electron chi connectivity index (χ3n) is 3.44. The summed E-state index contributed by atoms with van der Waals surface area (Å²) in [5, 5.41) is 9.31. The summed E-state index contributed by atoms with van der Waals surface area (Å²) < 4.78 is 0. The van der Waals surface area contributed by atoms with Crippen molar-refractivity contribution in [3.63, 3.8) is 0 Å². The van der Waals surface area contributed by atoms with Crippen molar-refractivity contribution in [2.24, 2.45) is 5.92 Å². The summed E-state index contributed by atoms with van der Waals surface area (Å²) in [6, 6.07) is 8.00. The Labute approximate surface area is 104 Å². The lowest BCUT2D eigenvalue weighted by Gasteiger charge is -2.19. The number of carboxylic acids is 1. The van der Waals surface area contributed by atoms with Crippen LogP contribution in [0.25, 0.3) is 0 Å². The molecule has 0 spiro atoms. The second kappa shape index (κ2) is 5.85. The Balaban J connectivity index is 2.99.